The van der Waals surface area contributed by atoms with E-state index in [-0.39, 0.29) is 17.7 Å². The molecule has 0 unspecified atom stereocenters. The minimum absolute atomic E-state index is 0.0810. The summed E-state index contributed by atoms with van der Waals surface area (Å²) in [5, 5.41) is 2.14. The summed E-state index contributed by atoms with van der Waals surface area (Å²) in [6.45, 7) is 12.1. The van der Waals surface area contributed by atoms with Crippen molar-refractivity contribution in [2.45, 2.75) is 64.7 Å². The van der Waals surface area contributed by atoms with Crippen LogP contribution in [0.4, 0.5) is 0 Å². The Kier molecular flexibility index (Phi) is 14.4. The molecule has 0 bridgehead atoms. The first kappa shape index (κ1) is 38.6. The van der Waals surface area contributed by atoms with Crippen LogP contribution < -0.4 is 19.8 Å². The van der Waals surface area contributed by atoms with Gasteiger partial charge in [-0.1, -0.05) is 131 Å². The summed E-state index contributed by atoms with van der Waals surface area (Å²) in [6, 6.07) is 34.9. The molecule has 0 saturated carbocycles. The van der Waals surface area contributed by atoms with Gasteiger partial charge in [0.2, 0.25) is 0 Å². The average molecular weight is 697 g/mol. The Bertz CT molecular complexity index is 1600. The molecule has 0 fully saturated rings. The quantitative estimate of drug-likeness (QED) is 0.0347. The van der Waals surface area contributed by atoms with Crippen molar-refractivity contribution in [2.75, 3.05) is 34.2 Å². The van der Waals surface area contributed by atoms with Crippen LogP contribution in [0.5, 0.6) is 11.5 Å². The number of hydrogen-bond acceptors (Lipinski definition) is 7. The van der Waals surface area contributed by atoms with Gasteiger partial charge < -0.3 is 28.1 Å². The van der Waals surface area contributed by atoms with Gasteiger partial charge in [-0.05, 0) is 45.6 Å². The zero-order valence-electron chi connectivity index (χ0n) is 30.5. The normalized spacial score (nSPS) is 13.2. The molecule has 0 aliphatic rings. The van der Waals surface area contributed by atoms with E-state index in [1.54, 1.807) is 7.11 Å². The number of benzene rings is 4. The first-order valence-electron chi connectivity index (χ1n) is 17.1. The van der Waals surface area contributed by atoms with Gasteiger partial charge in [0.15, 0.2) is 12.9 Å². The summed E-state index contributed by atoms with van der Waals surface area (Å²) in [4.78, 5) is 13.3. The van der Waals surface area contributed by atoms with Gasteiger partial charge >= 0.3 is 5.97 Å². The molecule has 4 rings (SSSR count). The van der Waals surface area contributed by atoms with Crippen molar-refractivity contribution in [1.82, 2.24) is 0 Å². The van der Waals surface area contributed by atoms with Gasteiger partial charge in [-0.2, -0.15) is 0 Å². The smallest absolute Gasteiger partial charge is 0.347 e. The number of aryl methyl sites for hydroxylation is 1. The third kappa shape index (κ3) is 9.94. The molecule has 0 aliphatic carbocycles. The van der Waals surface area contributed by atoms with Gasteiger partial charge in [-0.3, -0.25) is 0 Å². The Morgan fingerprint density at radius 2 is 1.44 bits per heavy atom. The molecule has 0 N–H and O–H groups in total. The fourth-order valence-electron chi connectivity index (χ4n) is 6.19. The average Bonchev–Trinajstić information content (AvgIpc) is 3.12. The third-order valence-electron chi connectivity index (χ3n) is 8.73. The molecule has 0 heterocycles. The summed E-state index contributed by atoms with van der Waals surface area (Å²) in [5.41, 5.74) is 2.84. The Morgan fingerprint density at radius 1 is 0.840 bits per heavy atom. The number of carbonyl (C=O) groups excluding carboxylic acids is 1. The van der Waals surface area contributed by atoms with Gasteiger partial charge in [0.25, 0.3) is 8.32 Å². The highest BCUT2D eigenvalue weighted by molar-refractivity contribution is 6.99. The van der Waals surface area contributed by atoms with Crippen molar-refractivity contribution in [3.8, 4) is 11.5 Å². The molecule has 2 atom stereocenters. The molecule has 0 spiro atoms. The van der Waals surface area contributed by atoms with Crippen LogP contribution in [0.25, 0.3) is 0 Å². The predicted octanol–water partition coefficient (Wildman–Crippen LogP) is 7.74. The highest BCUT2D eigenvalue weighted by atomic mass is 28.4. The lowest BCUT2D eigenvalue weighted by Crippen LogP contribution is -2.66. The SMILES string of the molecule is COCOc1cc([C@H](C)/C=C/COCc2ccccc2)c(O[C@H](CCO[Si](c2ccccc2)(c2ccccc2)C(C)(C)C)C(=O)OC)cc1C. The minimum atomic E-state index is -2.81. The maximum absolute atomic E-state index is 13.3. The van der Waals surface area contributed by atoms with Crippen LogP contribution in [-0.4, -0.2) is 54.6 Å². The maximum atomic E-state index is 13.3. The number of rotatable bonds is 18. The van der Waals surface area contributed by atoms with E-state index in [1.165, 1.54) is 17.5 Å². The van der Waals surface area contributed by atoms with Crippen molar-refractivity contribution in [2.24, 2.45) is 0 Å². The highest BCUT2D eigenvalue weighted by Crippen LogP contribution is 2.38. The molecule has 8 heteroatoms. The van der Waals surface area contributed by atoms with E-state index in [0.717, 1.165) is 16.7 Å². The second-order valence-corrected chi connectivity index (χ2v) is 17.7. The number of ether oxygens (including phenoxy) is 5. The van der Waals surface area contributed by atoms with Crippen molar-refractivity contribution < 1.29 is 32.9 Å². The Balaban J connectivity index is 1.59. The summed E-state index contributed by atoms with van der Waals surface area (Å²) >= 11 is 0. The molecule has 266 valence electrons. The summed E-state index contributed by atoms with van der Waals surface area (Å²) < 4.78 is 35.8. The zero-order chi connectivity index (χ0) is 36.0. The Hall–Kier alpha value is -4.21. The van der Waals surface area contributed by atoms with E-state index in [9.17, 15) is 4.79 Å². The van der Waals surface area contributed by atoms with Crippen molar-refractivity contribution in [1.29, 1.82) is 0 Å². The van der Waals surface area contributed by atoms with Gasteiger partial charge in [-0.15, -0.1) is 0 Å². The van der Waals surface area contributed by atoms with Gasteiger partial charge in [0.05, 0.1) is 20.3 Å². The molecule has 0 amide bonds. The summed E-state index contributed by atoms with van der Waals surface area (Å²) in [6.07, 6.45) is 3.48. The zero-order valence-corrected chi connectivity index (χ0v) is 31.5. The number of allylic oxidation sites excluding steroid dienone is 1. The van der Waals surface area contributed by atoms with E-state index >= 15 is 0 Å². The molecule has 0 radical (unpaired) electrons. The van der Waals surface area contributed by atoms with Crippen LogP contribution in [-0.2, 0) is 30.0 Å². The molecule has 7 nitrogen and oxygen atoms in total. The lowest BCUT2D eigenvalue weighted by atomic mass is 9.97. The molecule has 4 aromatic carbocycles. The molecule has 0 aromatic heterocycles. The number of hydrogen-bond donors (Lipinski definition) is 0. The van der Waals surface area contributed by atoms with Crippen LogP contribution in [0.15, 0.2) is 115 Å². The van der Waals surface area contributed by atoms with E-state index in [1.807, 2.05) is 67.6 Å². The second kappa shape index (κ2) is 18.7. The summed E-state index contributed by atoms with van der Waals surface area (Å²) in [7, 11) is 0.161. The lowest BCUT2D eigenvalue weighted by Gasteiger charge is -2.43. The largest absolute Gasteiger partial charge is 0.478 e. The maximum Gasteiger partial charge on any atom is 0.347 e. The van der Waals surface area contributed by atoms with Crippen LogP contribution in [0.3, 0.4) is 0 Å². The minimum Gasteiger partial charge on any atom is -0.478 e. The fourth-order valence-corrected chi connectivity index (χ4v) is 10.8. The van der Waals surface area contributed by atoms with Gasteiger partial charge in [0, 0.05) is 31.6 Å². The number of methoxy groups -OCH3 is 2. The van der Waals surface area contributed by atoms with Crippen molar-refractivity contribution in [3.05, 3.63) is 132 Å². The predicted molar refractivity (Wildman–Crippen MR) is 202 cm³/mol. The third-order valence-corrected chi connectivity index (χ3v) is 13.8. The second-order valence-electron chi connectivity index (χ2n) is 13.4. The van der Waals surface area contributed by atoms with E-state index < -0.39 is 20.4 Å². The van der Waals surface area contributed by atoms with Crippen LogP contribution >= 0.6 is 0 Å². The Morgan fingerprint density at radius 3 is 2.00 bits per heavy atom. The van der Waals surface area contributed by atoms with Gasteiger partial charge in [0.1, 0.15) is 11.5 Å². The fraction of sp³-hybridized carbons (Fsp3) is 0.357. The van der Waals surface area contributed by atoms with E-state index in [4.69, 9.17) is 28.1 Å². The van der Waals surface area contributed by atoms with E-state index in [2.05, 4.69) is 82.3 Å². The first-order chi connectivity index (χ1) is 24.1. The molecule has 0 aliphatic heterocycles. The van der Waals surface area contributed by atoms with Gasteiger partial charge in [-0.25, -0.2) is 4.79 Å². The lowest BCUT2D eigenvalue weighted by molar-refractivity contribution is -0.149. The summed E-state index contributed by atoms with van der Waals surface area (Å²) in [5.74, 6) is 0.717. The Labute approximate surface area is 299 Å². The number of carbonyl (C=O) groups is 1. The molecule has 50 heavy (non-hydrogen) atoms. The molecule has 4 aromatic rings. The van der Waals surface area contributed by atoms with Crippen molar-refractivity contribution in [3.63, 3.8) is 0 Å². The topological polar surface area (TPSA) is 72.5 Å². The van der Waals surface area contributed by atoms with Crippen molar-refractivity contribution >= 4 is 24.7 Å². The standard InChI is InChI=1S/C42H52O7Si/c1-32(18-17-26-46-30-34-19-11-8-12-20-34)37-29-39(47-31-44-6)33(2)28-40(37)49-38(41(43)45-7)25-27-48-50(42(3,4)5,35-21-13-9-14-22-35)36-23-15-10-16-24-36/h8-24,28-29,32,38H,25-27,30-31H2,1-7H3/b18-17+/t32-,38-/m1/s1. The van der Waals surface area contributed by atoms with Crippen LogP contribution in [0.2, 0.25) is 5.04 Å². The van der Waals surface area contributed by atoms with E-state index in [0.29, 0.717) is 37.7 Å². The first-order valence-corrected chi connectivity index (χ1v) is 19.1. The van der Waals surface area contributed by atoms with Crippen LogP contribution in [0.1, 0.15) is 56.7 Å². The molecule has 0 saturated heterocycles. The van der Waals surface area contributed by atoms with Crippen LogP contribution in [0, 0.1) is 6.92 Å². The highest BCUT2D eigenvalue weighted by Gasteiger charge is 2.50. The molecular weight excluding hydrogens is 645 g/mol. The monoisotopic (exact) mass is 696 g/mol. The number of esters is 1. The molecular formula is C42H52O7Si.